The van der Waals surface area contributed by atoms with Crippen molar-refractivity contribution in [2.75, 3.05) is 85.4 Å². The first-order valence-corrected chi connectivity index (χ1v) is 18.7. The Morgan fingerprint density at radius 1 is 0.860 bits per heavy atom. The smallest absolute Gasteiger partial charge is 0.243 e. The summed E-state index contributed by atoms with van der Waals surface area (Å²) in [5, 5.41) is 10.5. The Morgan fingerprint density at radius 3 is 2.26 bits per heavy atom. The number of sulfonamides is 1. The number of rotatable bonds is 18. The molecule has 0 aliphatic carbocycles. The van der Waals surface area contributed by atoms with E-state index >= 15 is 0 Å². The molecule has 0 radical (unpaired) electrons. The molecule has 0 saturated carbocycles. The van der Waals surface area contributed by atoms with Crippen LogP contribution in [0.15, 0.2) is 71.6 Å². The van der Waals surface area contributed by atoms with Crippen LogP contribution >= 0.6 is 0 Å². The topological polar surface area (TPSA) is 116 Å². The normalized spacial score (nSPS) is 20.3. The predicted octanol–water partition coefficient (Wildman–Crippen LogP) is 4.19. The van der Waals surface area contributed by atoms with Gasteiger partial charge in [0.25, 0.3) is 0 Å². The Balaban J connectivity index is 1.46. The van der Waals surface area contributed by atoms with Crippen LogP contribution < -0.4 is 9.64 Å². The number of fused-ring (bicyclic) bond motifs is 1. The summed E-state index contributed by atoms with van der Waals surface area (Å²) in [7, 11) is 1.02. The number of hydrogen-bond donors (Lipinski definition) is 1. The van der Waals surface area contributed by atoms with Crippen LogP contribution in [-0.2, 0) is 46.7 Å². The van der Waals surface area contributed by atoms with E-state index in [1.807, 2.05) is 19.1 Å². The van der Waals surface area contributed by atoms with E-state index in [4.69, 9.17) is 28.4 Å². The summed E-state index contributed by atoms with van der Waals surface area (Å²) >= 11 is 0. The summed E-state index contributed by atoms with van der Waals surface area (Å²) in [5.74, 6) is 0.511. The fourth-order valence-electron chi connectivity index (χ4n) is 6.59. The lowest BCUT2D eigenvalue weighted by atomic mass is 9.84. The first-order chi connectivity index (χ1) is 24.2. The molecule has 3 aromatic rings. The van der Waals surface area contributed by atoms with Crippen molar-refractivity contribution in [1.29, 1.82) is 0 Å². The van der Waals surface area contributed by atoms with E-state index in [1.165, 1.54) is 11.4 Å². The third-order valence-electron chi connectivity index (χ3n) is 9.27. The lowest BCUT2D eigenvalue weighted by molar-refractivity contribution is -0.0997. The number of anilines is 1. The molecule has 50 heavy (non-hydrogen) atoms. The molecule has 3 aromatic carbocycles. The van der Waals surface area contributed by atoms with E-state index < -0.39 is 28.3 Å². The van der Waals surface area contributed by atoms with Gasteiger partial charge in [0.15, 0.2) is 0 Å². The van der Waals surface area contributed by atoms with Gasteiger partial charge in [0, 0.05) is 53.5 Å². The van der Waals surface area contributed by atoms with Gasteiger partial charge < -0.3 is 38.4 Å². The molecule has 2 heterocycles. The molecule has 0 amide bonds. The van der Waals surface area contributed by atoms with Gasteiger partial charge in [-0.1, -0.05) is 48.0 Å². The monoisotopic (exact) mass is 712 g/mol. The summed E-state index contributed by atoms with van der Waals surface area (Å²) in [4.78, 5) is 2.52. The number of ether oxygens (including phenoxy) is 6. The Kier molecular flexibility index (Phi) is 14.1. The minimum absolute atomic E-state index is 0.0181. The van der Waals surface area contributed by atoms with E-state index in [-0.39, 0.29) is 43.7 Å². The number of piperidine rings is 1. The second-order valence-electron chi connectivity index (χ2n) is 13.0. The molecule has 2 aliphatic rings. The van der Waals surface area contributed by atoms with E-state index in [2.05, 4.69) is 35.2 Å². The number of aryl methyl sites for hydroxylation is 1. The third-order valence-corrected chi connectivity index (χ3v) is 11.1. The maximum absolute atomic E-state index is 14.1. The van der Waals surface area contributed by atoms with E-state index in [1.54, 1.807) is 38.5 Å². The number of aliphatic hydroxyl groups is 1. The highest BCUT2D eigenvalue weighted by Crippen LogP contribution is 2.37. The number of hydrogen-bond acceptors (Lipinski definition) is 10. The first-order valence-electron chi connectivity index (χ1n) is 17.3. The molecule has 1 fully saturated rings. The number of methoxy groups -OCH3 is 3. The average molecular weight is 713 g/mol. The van der Waals surface area contributed by atoms with Gasteiger partial charge in [-0.15, -0.1) is 0 Å². The van der Waals surface area contributed by atoms with Crippen LogP contribution in [0.2, 0.25) is 0 Å². The standard InChI is InChI=1S/C38H52N2O9S/c1-28-6-13-33(14-7-28)50(42,43)40-23-36(48-25-30-10-15-35-34(22-30)39(18-21-47-35)17-5-19-44-2)38(37(24-40)49-27-32(41)26-46-4)31-11-8-29(9-12-31)16-20-45-3/h6-15,22,32,36-38,41H,5,16-21,23-27H2,1-4H3/t32?,36-,37+,38+/m0/s1. The highest BCUT2D eigenvalue weighted by molar-refractivity contribution is 7.89. The highest BCUT2D eigenvalue weighted by Gasteiger charge is 2.44. The molecular weight excluding hydrogens is 660 g/mol. The molecule has 1 saturated heterocycles. The minimum Gasteiger partial charge on any atom is -0.490 e. The van der Waals surface area contributed by atoms with Gasteiger partial charge in [-0.3, -0.25) is 0 Å². The van der Waals surface area contributed by atoms with Crippen molar-refractivity contribution in [3.63, 3.8) is 0 Å². The molecular formula is C38H52N2O9S. The molecule has 1 N–H and O–H groups in total. The molecule has 1 unspecified atom stereocenters. The SMILES string of the molecule is COCCCN1CCOc2ccc(CO[C@H]3CN(S(=O)(=O)c4ccc(C)cc4)C[C@@H](OCC(O)COC)[C@@H]3c3ccc(CCOC)cc3)cc21. The zero-order valence-electron chi connectivity index (χ0n) is 29.7. The van der Waals surface area contributed by atoms with Crippen LogP contribution in [0.5, 0.6) is 5.75 Å². The lowest BCUT2D eigenvalue weighted by Crippen LogP contribution is -2.54. The van der Waals surface area contributed by atoms with Gasteiger partial charge in [0.05, 0.1) is 55.8 Å². The van der Waals surface area contributed by atoms with Crippen LogP contribution in [-0.4, -0.2) is 117 Å². The second-order valence-corrected chi connectivity index (χ2v) is 14.9. The molecule has 4 atom stereocenters. The van der Waals surface area contributed by atoms with Crippen LogP contribution in [0.3, 0.4) is 0 Å². The first kappa shape index (κ1) is 38.2. The Bertz CT molecular complexity index is 1590. The van der Waals surface area contributed by atoms with Crippen molar-refractivity contribution in [1.82, 2.24) is 4.31 Å². The van der Waals surface area contributed by atoms with Gasteiger partial charge in [0.2, 0.25) is 10.0 Å². The zero-order valence-corrected chi connectivity index (χ0v) is 30.5. The molecule has 2 aliphatic heterocycles. The zero-order chi connectivity index (χ0) is 35.5. The second kappa shape index (κ2) is 18.4. The van der Waals surface area contributed by atoms with Crippen LogP contribution in [0.25, 0.3) is 0 Å². The summed E-state index contributed by atoms with van der Waals surface area (Å²) in [5.41, 5.74) is 5.03. The fraction of sp³-hybridized carbons (Fsp3) is 0.526. The van der Waals surface area contributed by atoms with Crippen LogP contribution in [0.4, 0.5) is 5.69 Å². The van der Waals surface area contributed by atoms with Crippen LogP contribution in [0, 0.1) is 6.92 Å². The predicted molar refractivity (Wildman–Crippen MR) is 192 cm³/mol. The van der Waals surface area contributed by atoms with Gasteiger partial charge in [0.1, 0.15) is 18.5 Å². The quantitative estimate of drug-likeness (QED) is 0.193. The van der Waals surface area contributed by atoms with Crippen molar-refractivity contribution < 1.29 is 41.9 Å². The van der Waals surface area contributed by atoms with Crippen LogP contribution in [0.1, 0.15) is 34.6 Å². The van der Waals surface area contributed by atoms with Crippen molar-refractivity contribution in [2.24, 2.45) is 0 Å². The Hall–Kier alpha value is -3.07. The van der Waals surface area contributed by atoms with Gasteiger partial charge in [-0.25, -0.2) is 8.42 Å². The molecule has 274 valence electrons. The van der Waals surface area contributed by atoms with Crippen molar-refractivity contribution in [3.8, 4) is 5.75 Å². The maximum Gasteiger partial charge on any atom is 0.243 e. The molecule has 5 rings (SSSR count). The van der Waals surface area contributed by atoms with Crippen molar-refractivity contribution in [3.05, 3.63) is 89.0 Å². The van der Waals surface area contributed by atoms with Gasteiger partial charge in [-0.05, 0) is 60.7 Å². The van der Waals surface area contributed by atoms with Crippen molar-refractivity contribution in [2.45, 2.75) is 55.5 Å². The van der Waals surface area contributed by atoms with E-state index in [0.29, 0.717) is 19.8 Å². The fourth-order valence-corrected chi connectivity index (χ4v) is 8.05. The number of benzene rings is 3. The largest absolute Gasteiger partial charge is 0.490 e. The summed E-state index contributed by atoms with van der Waals surface area (Å²) < 4.78 is 64.4. The van der Waals surface area contributed by atoms with E-state index in [0.717, 1.165) is 59.6 Å². The average Bonchev–Trinajstić information content (AvgIpc) is 3.12. The molecule has 11 nitrogen and oxygen atoms in total. The number of nitrogens with zero attached hydrogens (tertiary/aromatic N) is 2. The lowest BCUT2D eigenvalue weighted by Gasteiger charge is -2.43. The molecule has 0 spiro atoms. The minimum atomic E-state index is -3.89. The maximum atomic E-state index is 14.1. The molecule has 0 aromatic heterocycles. The summed E-state index contributed by atoms with van der Waals surface area (Å²) in [6.07, 6.45) is -0.374. The highest BCUT2D eigenvalue weighted by atomic mass is 32.2. The van der Waals surface area contributed by atoms with Crippen molar-refractivity contribution >= 4 is 15.7 Å². The van der Waals surface area contributed by atoms with Gasteiger partial charge in [-0.2, -0.15) is 4.31 Å². The molecule has 12 heteroatoms. The summed E-state index contributed by atoms with van der Waals surface area (Å²) in [6, 6.07) is 21.2. The Labute approximate surface area is 297 Å². The summed E-state index contributed by atoms with van der Waals surface area (Å²) in [6.45, 7) is 6.02. The molecule has 0 bridgehead atoms. The van der Waals surface area contributed by atoms with Gasteiger partial charge >= 0.3 is 0 Å². The Morgan fingerprint density at radius 2 is 1.56 bits per heavy atom. The third kappa shape index (κ3) is 9.83. The number of aliphatic hydroxyl groups excluding tert-OH is 1. The van der Waals surface area contributed by atoms with E-state index in [9.17, 15) is 13.5 Å².